The van der Waals surface area contributed by atoms with Gasteiger partial charge in [-0.05, 0) is 41.5 Å². The summed E-state index contributed by atoms with van der Waals surface area (Å²) in [5.41, 5.74) is 2.51. The fourth-order valence-corrected chi connectivity index (χ4v) is 2.82. The highest BCUT2D eigenvalue weighted by Gasteiger charge is 2.10. The van der Waals surface area contributed by atoms with Crippen molar-refractivity contribution in [3.8, 4) is 11.5 Å². The minimum atomic E-state index is 0.630. The van der Waals surface area contributed by atoms with Crippen LogP contribution < -0.4 is 9.47 Å². The average molecular weight is 383 g/mol. The molecule has 1 heterocycles. The lowest BCUT2D eigenvalue weighted by Crippen LogP contribution is -1.94. The molecule has 0 unspecified atom stereocenters. The maximum Gasteiger partial charge on any atom is 0.122 e. The summed E-state index contributed by atoms with van der Waals surface area (Å²) in [6.45, 7) is 1.47. The summed E-state index contributed by atoms with van der Waals surface area (Å²) in [5.74, 6) is 1.96. The molecule has 0 atom stereocenters. The highest BCUT2D eigenvalue weighted by Crippen LogP contribution is 2.27. The lowest BCUT2D eigenvalue weighted by Gasteiger charge is -2.05. The van der Waals surface area contributed by atoms with Gasteiger partial charge in [0, 0.05) is 10.9 Å². The number of hydrogen-bond donors (Lipinski definition) is 0. The molecule has 0 amide bonds. The zero-order chi connectivity index (χ0) is 16.6. The van der Waals surface area contributed by atoms with E-state index < -0.39 is 0 Å². The van der Waals surface area contributed by atoms with E-state index in [9.17, 15) is 0 Å². The SMILES string of the molecule is Brc1ccc2c(c1)CCO2.c1ccc(COc2ccccc2)cc1. The Hall–Kier alpha value is -2.26. The summed E-state index contributed by atoms with van der Waals surface area (Å²) in [5, 5.41) is 0. The van der Waals surface area contributed by atoms with Gasteiger partial charge in [0.15, 0.2) is 0 Å². The van der Waals surface area contributed by atoms with E-state index in [0.29, 0.717) is 6.61 Å². The molecule has 4 rings (SSSR count). The van der Waals surface area contributed by atoms with Crippen LogP contribution in [-0.2, 0) is 13.0 Å². The molecule has 3 aromatic rings. The Morgan fingerprint density at radius 1 is 0.875 bits per heavy atom. The van der Waals surface area contributed by atoms with Crippen LogP contribution >= 0.6 is 15.9 Å². The molecule has 0 saturated heterocycles. The normalized spacial score (nSPS) is 11.7. The smallest absolute Gasteiger partial charge is 0.122 e. The summed E-state index contributed by atoms with van der Waals surface area (Å²) in [4.78, 5) is 0. The first kappa shape index (κ1) is 16.6. The van der Waals surface area contributed by atoms with Crippen LogP contribution in [0.15, 0.2) is 83.3 Å². The van der Waals surface area contributed by atoms with Crippen molar-refractivity contribution < 1.29 is 9.47 Å². The molecule has 24 heavy (non-hydrogen) atoms. The molecule has 3 aromatic carbocycles. The molecule has 0 aliphatic carbocycles. The van der Waals surface area contributed by atoms with E-state index in [1.807, 2.05) is 60.7 Å². The van der Waals surface area contributed by atoms with Crippen molar-refractivity contribution in [2.24, 2.45) is 0 Å². The molecule has 0 bridgehead atoms. The minimum absolute atomic E-state index is 0.630. The van der Waals surface area contributed by atoms with Gasteiger partial charge in [-0.25, -0.2) is 0 Å². The van der Waals surface area contributed by atoms with Crippen molar-refractivity contribution in [2.45, 2.75) is 13.0 Å². The highest BCUT2D eigenvalue weighted by molar-refractivity contribution is 9.10. The maximum atomic E-state index is 5.59. The number of halogens is 1. The van der Waals surface area contributed by atoms with E-state index in [1.165, 1.54) is 11.1 Å². The Morgan fingerprint density at radius 2 is 1.58 bits per heavy atom. The van der Waals surface area contributed by atoms with Crippen LogP contribution in [-0.4, -0.2) is 6.61 Å². The zero-order valence-corrected chi connectivity index (χ0v) is 14.9. The van der Waals surface area contributed by atoms with Gasteiger partial charge in [-0.15, -0.1) is 0 Å². The maximum absolute atomic E-state index is 5.59. The summed E-state index contributed by atoms with van der Waals surface area (Å²) >= 11 is 3.41. The second-order valence-corrected chi connectivity index (χ2v) is 6.35. The molecule has 0 spiro atoms. The number of para-hydroxylation sites is 1. The van der Waals surface area contributed by atoms with Gasteiger partial charge in [0.2, 0.25) is 0 Å². The van der Waals surface area contributed by atoms with E-state index in [-0.39, 0.29) is 0 Å². The molecule has 122 valence electrons. The summed E-state index contributed by atoms with van der Waals surface area (Å²) in [6, 6.07) is 26.1. The number of fused-ring (bicyclic) bond motifs is 1. The number of ether oxygens (including phenoxy) is 2. The Morgan fingerprint density at radius 3 is 2.33 bits per heavy atom. The predicted molar refractivity (Wildman–Crippen MR) is 101 cm³/mol. The molecule has 0 saturated carbocycles. The van der Waals surface area contributed by atoms with Gasteiger partial charge in [-0.3, -0.25) is 0 Å². The van der Waals surface area contributed by atoms with E-state index in [0.717, 1.165) is 29.0 Å². The van der Waals surface area contributed by atoms with Gasteiger partial charge < -0.3 is 9.47 Å². The zero-order valence-electron chi connectivity index (χ0n) is 13.3. The quantitative estimate of drug-likeness (QED) is 0.582. The van der Waals surface area contributed by atoms with Crippen LogP contribution in [0.2, 0.25) is 0 Å². The van der Waals surface area contributed by atoms with Gasteiger partial charge in [-0.1, -0.05) is 64.5 Å². The Bertz CT molecular complexity index is 718. The van der Waals surface area contributed by atoms with Crippen molar-refractivity contribution in [1.29, 1.82) is 0 Å². The highest BCUT2D eigenvalue weighted by atomic mass is 79.9. The predicted octanol–water partition coefficient (Wildman–Crippen LogP) is 5.65. The third-order valence-electron chi connectivity index (χ3n) is 3.64. The van der Waals surface area contributed by atoms with Gasteiger partial charge in [0.05, 0.1) is 6.61 Å². The van der Waals surface area contributed by atoms with Crippen LogP contribution in [0, 0.1) is 0 Å². The lowest BCUT2D eigenvalue weighted by molar-refractivity contribution is 0.306. The molecule has 0 N–H and O–H groups in total. The molecular formula is C21H19BrO2. The third-order valence-corrected chi connectivity index (χ3v) is 4.14. The first-order valence-corrected chi connectivity index (χ1v) is 8.73. The molecule has 0 fully saturated rings. The summed E-state index contributed by atoms with van der Waals surface area (Å²) in [7, 11) is 0. The van der Waals surface area contributed by atoms with Crippen molar-refractivity contribution >= 4 is 15.9 Å². The van der Waals surface area contributed by atoms with Crippen LogP contribution in [0.5, 0.6) is 11.5 Å². The number of benzene rings is 3. The second-order valence-electron chi connectivity index (χ2n) is 5.44. The molecule has 0 aromatic heterocycles. The second kappa shape index (κ2) is 8.55. The van der Waals surface area contributed by atoms with E-state index >= 15 is 0 Å². The summed E-state index contributed by atoms with van der Waals surface area (Å²) in [6.07, 6.45) is 1.05. The molecule has 0 radical (unpaired) electrons. The lowest BCUT2D eigenvalue weighted by atomic mass is 10.2. The Balaban J connectivity index is 0.000000149. The van der Waals surface area contributed by atoms with E-state index in [1.54, 1.807) is 0 Å². The average Bonchev–Trinajstić information content (AvgIpc) is 3.10. The molecule has 1 aliphatic heterocycles. The third kappa shape index (κ3) is 4.87. The molecular weight excluding hydrogens is 364 g/mol. The van der Waals surface area contributed by atoms with Gasteiger partial charge >= 0.3 is 0 Å². The Labute approximate surface area is 151 Å². The van der Waals surface area contributed by atoms with Crippen LogP contribution in [0.3, 0.4) is 0 Å². The van der Waals surface area contributed by atoms with Gasteiger partial charge in [0.25, 0.3) is 0 Å². The largest absolute Gasteiger partial charge is 0.493 e. The number of hydrogen-bond acceptors (Lipinski definition) is 2. The standard InChI is InChI=1S/C13H12O.C8H7BrO/c1-3-7-12(8-4-1)11-14-13-9-5-2-6-10-13;9-7-1-2-8-6(5-7)3-4-10-8/h1-10H,11H2;1-2,5H,3-4H2. The van der Waals surface area contributed by atoms with Crippen molar-refractivity contribution in [3.63, 3.8) is 0 Å². The van der Waals surface area contributed by atoms with E-state index in [4.69, 9.17) is 9.47 Å². The molecule has 3 heteroatoms. The molecule has 2 nitrogen and oxygen atoms in total. The van der Waals surface area contributed by atoms with Crippen molar-refractivity contribution in [3.05, 3.63) is 94.5 Å². The fourth-order valence-electron chi connectivity index (χ4n) is 2.41. The van der Waals surface area contributed by atoms with E-state index in [2.05, 4.69) is 34.1 Å². The topological polar surface area (TPSA) is 18.5 Å². The molecule has 1 aliphatic rings. The number of rotatable bonds is 3. The monoisotopic (exact) mass is 382 g/mol. The summed E-state index contributed by atoms with van der Waals surface area (Å²) < 4.78 is 12.1. The van der Waals surface area contributed by atoms with Crippen molar-refractivity contribution in [1.82, 2.24) is 0 Å². The van der Waals surface area contributed by atoms with Crippen LogP contribution in [0.25, 0.3) is 0 Å². The van der Waals surface area contributed by atoms with Gasteiger partial charge in [0.1, 0.15) is 18.1 Å². The first-order valence-electron chi connectivity index (χ1n) is 7.94. The van der Waals surface area contributed by atoms with Gasteiger partial charge in [-0.2, -0.15) is 0 Å². The van der Waals surface area contributed by atoms with Crippen molar-refractivity contribution in [2.75, 3.05) is 6.61 Å². The Kier molecular flexibility index (Phi) is 5.91. The minimum Gasteiger partial charge on any atom is -0.493 e. The van der Waals surface area contributed by atoms with Crippen LogP contribution in [0.4, 0.5) is 0 Å². The van der Waals surface area contributed by atoms with Crippen LogP contribution in [0.1, 0.15) is 11.1 Å². The fraction of sp³-hybridized carbons (Fsp3) is 0.143. The first-order chi connectivity index (χ1) is 11.8.